The lowest BCUT2D eigenvalue weighted by Gasteiger charge is -2.25. The largest absolute Gasteiger partial charge is 0.481 e. The molecule has 0 aliphatic rings. The molecule has 0 aromatic rings. The minimum atomic E-state index is -1.41. The van der Waals surface area contributed by atoms with Gasteiger partial charge in [0, 0.05) is 6.42 Å². The van der Waals surface area contributed by atoms with Crippen LogP contribution in [-0.2, 0) is 28.8 Å². The van der Waals surface area contributed by atoms with Gasteiger partial charge in [-0.25, -0.2) is 4.79 Å². The van der Waals surface area contributed by atoms with E-state index < -0.39 is 66.2 Å². The predicted octanol–water partition coefficient (Wildman–Crippen LogP) is -3.15. The lowest BCUT2D eigenvalue weighted by molar-refractivity contribution is -0.142. The molecule has 206 valence electrons. The van der Waals surface area contributed by atoms with Gasteiger partial charge in [0.25, 0.3) is 0 Å². The van der Waals surface area contributed by atoms with Crippen molar-refractivity contribution in [3.05, 3.63) is 0 Å². The number of nitrogens with two attached hydrogens (primary N) is 4. The van der Waals surface area contributed by atoms with Crippen LogP contribution in [0.1, 0.15) is 57.8 Å². The van der Waals surface area contributed by atoms with E-state index >= 15 is 0 Å². The molecular weight excluding hydrogens is 478 g/mol. The molecule has 15 nitrogen and oxygen atoms in total. The van der Waals surface area contributed by atoms with Gasteiger partial charge in [0.1, 0.15) is 18.1 Å². The number of carboxylic acid groups (broad SMARTS) is 2. The second kappa shape index (κ2) is 18.0. The van der Waals surface area contributed by atoms with Crippen molar-refractivity contribution >= 4 is 35.6 Å². The molecule has 0 spiro atoms. The zero-order valence-corrected chi connectivity index (χ0v) is 20.2. The van der Waals surface area contributed by atoms with Crippen molar-refractivity contribution in [1.82, 2.24) is 16.0 Å². The number of unbranched alkanes of at least 4 members (excludes halogenated alkanes) is 2. The van der Waals surface area contributed by atoms with E-state index in [0.717, 1.165) is 0 Å². The van der Waals surface area contributed by atoms with Crippen molar-refractivity contribution in [2.75, 3.05) is 13.1 Å². The van der Waals surface area contributed by atoms with Gasteiger partial charge in [-0.05, 0) is 58.0 Å². The third-order valence-electron chi connectivity index (χ3n) is 5.19. The molecule has 0 aliphatic carbocycles. The molecule has 0 saturated heterocycles. The number of nitrogens with one attached hydrogen (secondary N) is 3. The van der Waals surface area contributed by atoms with Crippen LogP contribution in [0.25, 0.3) is 0 Å². The Balaban J connectivity index is 5.55. The highest BCUT2D eigenvalue weighted by Gasteiger charge is 2.30. The zero-order valence-electron chi connectivity index (χ0n) is 20.2. The van der Waals surface area contributed by atoms with Crippen LogP contribution >= 0.6 is 0 Å². The predicted molar refractivity (Wildman–Crippen MR) is 128 cm³/mol. The maximum Gasteiger partial charge on any atom is 0.326 e. The Morgan fingerprint density at radius 3 is 1.50 bits per heavy atom. The third kappa shape index (κ3) is 14.2. The Labute approximate surface area is 209 Å². The first-order chi connectivity index (χ1) is 16.9. The number of hydrogen-bond donors (Lipinski definition) is 9. The van der Waals surface area contributed by atoms with E-state index in [4.69, 9.17) is 28.0 Å². The first kappa shape index (κ1) is 32.7. The maximum atomic E-state index is 13.0. The van der Waals surface area contributed by atoms with Gasteiger partial charge in [0.2, 0.25) is 23.6 Å². The van der Waals surface area contributed by atoms with E-state index in [1.807, 2.05) is 0 Å². The van der Waals surface area contributed by atoms with Crippen molar-refractivity contribution in [2.45, 2.75) is 82.0 Å². The van der Waals surface area contributed by atoms with Crippen molar-refractivity contribution in [3.8, 4) is 0 Å². The molecule has 0 aromatic heterocycles. The molecule has 13 N–H and O–H groups in total. The van der Waals surface area contributed by atoms with Crippen molar-refractivity contribution < 1.29 is 39.0 Å². The zero-order chi connectivity index (χ0) is 27.7. The second-order valence-corrected chi connectivity index (χ2v) is 8.30. The SMILES string of the molecule is NCCCCC(NC(=O)C(N)CC(=O)O)C(=O)NC(CCCCN)C(=O)NC(CCC(N)=O)C(=O)O. The molecule has 0 aromatic carbocycles. The van der Waals surface area contributed by atoms with E-state index in [0.29, 0.717) is 38.8 Å². The number of hydrogen-bond acceptors (Lipinski definition) is 9. The summed E-state index contributed by atoms with van der Waals surface area (Å²) in [4.78, 5) is 71.5. The third-order valence-corrected chi connectivity index (χ3v) is 5.19. The van der Waals surface area contributed by atoms with Gasteiger partial charge in [-0.3, -0.25) is 24.0 Å². The van der Waals surface area contributed by atoms with Crippen LogP contribution in [-0.4, -0.2) is 83.0 Å². The molecule has 0 radical (unpaired) electrons. The molecule has 0 rings (SSSR count). The molecule has 0 aliphatic heterocycles. The highest BCUT2D eigenvalue weighted by molar-refractivity contribution is 5.94. The Morgan fingerprint density at radius 1 is 0.667 bits per heavy atom. The molecule has 15 heteroatoms. The molecular formula is C21H39N7O8. The summed E-state index contributed by atoms with van der Waals surface area (Å²) in [6, 6.07) is -5.11. The number of amides is 4. The topological polar surface area (TPSA) is 283 Å². The van der Waals surface area contributed by atoms with E-state index in [1.54, 1.807) is 0 Å². The standard InChI is InChI=1S/C21H39N7O8/c22-9-3-1-5-13(26-18(32)12(24)11-17(30)31)19(33)27-14(6-2-4-10-23)20(34)28-15(21(35)36)7-8-16(25)29/h12-15H,1-11,22-24H2,(H2,25,29)(H,26,32)(H,27,33)(H,28,34)(H,30,31)(H,35,36). The quantitative estimate of drug-likeness (QED) is 0.0726. The van der Waals surface area contributed by atoms with Crippen LogP contribution in [0, 0.1) is 0 Å². The fourth-order valence-corrected chi connectivity index (χ4v) is 3.17. The second-order valence-electron chi connectivity index (χ2n) is 8.30. The fourth-order valence-electron chi connectivity index (χ4n) is 3.17. The lowest BCUT2D eigenvalue weighted by Crippen LogP contribution is -2.57. The molecule has 0 heterocycles. The Kier molecular flexibility index (Phi) is 16.4. The summed E-state index contributed by atoms with van der Waals surface area (Å²) < 4.78 is 0. The molecule has 0 bridgehead atoms. The van der Waals surface area contributed by atoms with Gasteiger partial charge >= 0.3 is 11.9 Å². The summed E-state index contributed by atoms with van der Waals surface area (Å²) in [5, 5.41) is 25.4. The van der Waals surface area contributed by atoms with E-state index in [1.165, 1.54) is 0 Å². The Bertz CT molecular complexity index is 765. The van der Waals surface area contributed by atoms with E-state index in [9.17, 15) is 33.9 Å². The summed E-state index contributed by atoms with van der Waals surface area (Å²) in [6.45, 7) is 0.671. The smallest absolute Gasteiger partial charge is 0.326 e. The molecule has 0 fully saturated rings. The average molecular weight is 518 g/mol. The van der Waals surface area contributed by atoms with Gasteiger partial charge in [-0.1, -0.05) is 0 Å². The van der Waals surface area contributed by atoms with Crippen LogP contribution in [0.3, 0.4) is 0 Å². The van der Waals surface area contributed by atoms with Crippen LogP contribution in [0.2, 0.25) is 0 Å². The molecule has 4 amide bonds. The summed E-state index contributed by atoms with van der Waals surface area (Å²) in [5.74, 6) is -5.79. The molecule has 36 heavy (non-hydrogen) atoms. The summed E-state index contributed by atoms with van der Waals surface area (Å²) in [5.41, 5.74) is 21.6. The first-order valence-electron chi connectivity index (χ1n) is 11.7. The lowest BCUT2D eigenvalue weighted by atomic mass is 10.0. The van der Waals surface area contributed by atoms with E-state index in [2.05, 4.69) is 16.0 Å². The summed E-state index contributed by atoms with van der Waals surface area (Å²) in [6.07, 6.45) is 1.07. The summed E-state index contributed by atoms with van der Waals surface area (Å²) in [7, 11) is 0. The van der Waals surface area contributed by atoms with Crippen molar-refractivity contribution in [3.63, 3.8) is 0 Å². The number of primary amides is 1. The fraction of sp³-hybridized carbons (Fsp3) is 0.714. The van der Waals surface area contributed by atoms with Crippen molar-refractivity contribution in [1.29, 1.82) is 0 Å². The van der Waals surface area contributed by atoms with Gasteiger partial charge in [-0.2, -0.15) is 0 Å². The normalized spacial score (nSPS) is 14.1. The number of carbonyl (C=O) groups excluding carboxylic acids is 4. The Morgan fingerprint density at radius 2 is 1.11 bits per heavy atom. The van der Waals surface area contributed by atoms with Crippen LogP contribution in [0.15, 0.2) is 0 Å². The highest BCUT2D eigenvalue weighted by atomic mass is 16.4. The van der Waals surface area contributed by atoms with Gasteiger partial charge in [0.15, 0.2) is 0 Å². The minimum absolute atomic E-state index is 0.124. The van der Waals surface area contributed by atoms with Crippen LogP contribution in [0.5, 0.6) is 0 Å². The van der Waals surface area contributed by atoms with Crippen molar-refractivity contribution in [2.24, 2.45) is 22.9 Å². The molecule has 4 unspecified atom stereocenters. The molecule has 4 atom stereocenters. The Hall–Kier alpha value is -3.30. The average Bonchev–Trinajstić information content (AvgIpc) is 2.79. The van der Waals surface area contributed by atoms with Gasteiger partial charge in [-0.15, -0.1) is 0 Å². The monoisotopic (exact) mass is 517 g/mol. The van der Waals surface area contributed by atoms with Crippen LogP contribution < -0.4 is 38.9 Å². The summed E-state index contributed by atoms with van der Waals surface area (Å²) >= 11 is 0. The maximum absolute atomic E-state index is 13.0. The number of aliphatic carboxylic acids is 2. The minimum Gasteiger partial charge on any atom is -0.481 e. The van der Waals surface area contributed by atoms with Gasteiger partial charge in [0.05, 0.1) is 12.5 Å². The first-order valence-corrected chi connectivity index (χ1v) is 11.7. The molecule has 0 saturated carbocycles. The number of carboxylic acids is 2. The highest BCUT2D eigenvalue weighted by Crippen LogP contribution is 2.07. The van der Waals surface area contributed by atoms with Gasteiger partial charge < -0.3 is 49.1 Å². The van der Waals surface area contributed by atoms with E-state index in [-0.39, 0.29) is 25.7 Å². The number of rotatable bonds is 20. The van der Waals surface area contributed by atoms with Crippen LogP contribution in [0.4, 0.5) is 0 Å². The number of carbonyl (C=O) groups is 6.